The van der Waals surface area contributed by atoms with Gasteiger partial charge in [-0.05, 0) is 54.1 Å². The Morgan fingerprint density at radius 3 is 2.29 bits per heavy atom. The normalized spacial score (nSPS) is 10.2. The number of ether oxygens (including phenoxy) is 2. The molecule has 0 radical (unpaired) electrons. The molecular formula is C22H18BrNO4. The molecule has 3 aromatic rings. The van der Waals surface area contributed by atoms with Gasteiger partial charge in [0.25, 0.3) is 5.91 Å². The Hall–Kier alpha value is -3.12. The number of carbonyl (C=O) groups is 2. The van der Waals surface area contributed by atoms with E-state index in [9.17, 15) is 9.59 Å². The van der Waals surface area contributed by atoms with E-state index in [1.807, 2.05) is 24.3 Å². The van der Waals surface area contributed by atoms with E-state index in [-0.39, 0.29) is 18.3 Å². The molecule has 0 saturated carbocycles. The molecule has 142 valence electrons. The standard InChI is InChI=1S/C22H18BrNO4/c1-27-20-5-3-2-4-19(20)22(26)24-17-10-12-18(13-11-17)28-21(25)14-15-6-8-16(23)9-7-15/h2-13H,14H2,1H3,(H,24,26). The Morgan fingerprint density at radius 2 is 1.61 bits per heavy atom. The van der Waals surface area contributed by atoms with Crippen LogP contribution in [0.25, 0.3) is 0 Å². The molecule has 0 aliphatic carbocycles. The highest BCUT2D eigenvalue weighted by Crippen LogP contribution is 2.21. The molecule has 0 unspecified atom stereocenters. The van der Waals surface area contributed by atoms with Gasteiger partial charge < -0.3 is 14.8 Å². The smallest absolute Gasteiger partial charge is 0.315 e. The summed E-state index contributed by atoms with van der Waals surface area (Å²) < 4.78 is 11.5. The van der Waals surface area contributed by atoms with Gasteiger partial charge >= 0.3 is 5.97 Å². The first-order valence-electron chi connectivity index (χ1n) is 8.55. The van der Waals surface area contributed by atoms with Gasteiger partial charge in [0, 0.05) is 10.2 Å². The van der Waals surface area contributed by atoms with Crippen LogP contribution in [0, 0.1) is 0 Å². The molecule has 0 saturated heterocycles. The zero-order valence-electron chi connectivity index (χ0n) is 15.1. The molecule has 3 aromatic carbocycles. The molecule has 0 aromatic heterocycles. The van der Waals surface area contributed by atoms with Crippen molar-refractivity contribution in [3.8, 4) is 11.5 Å². The third-order valence-electron chi connectivity index (χ3n) is 3.96. The third-order valence-corrected chi connectivity index (χ3v) is 4.49. The second kappa shape index (κ2) is 9.19. The van der Waals surface area contributed by atoms with Crippen LogP contribution in [0.3, 0.4) is 0 Å². The van der Waals surface area contributed by atoms with E-state index in [1.165, 1.54) is 7.11 Å². The van der Waals surface area contributed by atoms with Crippen molar-refractivity contribution in [3.05, 3.63) is 88.4 Å². The number of methoxy groups -OCH3 is 1. The maximum absolute atomic E-state index is 12.4. The van der Waals surface area contributed by atoms with Crippen LogP contribution in [0.15, 0.2) is 77.3 Å². The second-order valence-corrected chi connectivity index (χ2v) is 6.87. The number of benzene rings is 3. The van der Waals surface area contributed by atoms with Crippen molar-refractivity contribution < 1.29 is 19.1 Å². The van der Waals surface area contributed by atoms with E-state index in [1.54, 1.807) is 48.5 Å². The molecule has 6 heteroatoms. The number of amides is 1. The van der Waals surface area contributed by atoms with Crippen molar-refractivity contribution in [2.75, 3.05) is 12.4 Å². The van der Waals surface area contributed by atoms with Crippen LogP contribution >= 0.6 is 15.9 Å². The van der Waals surface area contributed by atoms with Crippen LogP contribution in [-0.4, -0.2) is 19.0 Å². The van der Waals surface area contributed by atoms with Crippen molar-refractivity contribution in [3.63, 3.8) is 0 Å². The van der Waals surface area contributed by atoms with E-state index in [0.717, 1.165) is 10.0 Å². The van der Waals surface area contributed by atoms with Gasteiger partial charge in [0.05, 0.1) is 19.1 Å². The van der Waals surface area contributed by atoms with Crippen LogP contribution in [0.1, 0.15) is 15.9 Å². The van der Waals surface area contributed by atoms with Gasteiger partial charge in [-0.15, -0.1) is 0 Å². The summed E-state index contributed by atoms with van der Waals surface area (Å²) in [5.74, 6) is 0.279. The number of halogens is 1. The summed E-state index contributed by atoms with van der Waals surface area (Å²) in [5, 5.41) is 2.79. The van der Waals surface area contributed by atoms with Gasteiger partial charge in [0.2, 0.25) is 0 Å². The van der Waals surface area contributed by atoms with Crippen molar-refractivity contribution in [1.82, 2.24) is 0 Å². The quantitative estimate of drug-likeness (QED) is 0.439. The fourth-order valence-corrected chi connectivity index (χ4v) is 2.84. The number of para-hydroxylation sites is 1. The molecule has 0 atom stereocenters. The monoisotopic (exact) mass is 439 g/mol. The summed E-state index contributed by atoms with van der Waals surface area (Å²) in [4.78, 5) is 24.5. The molecular weight excluding hydrogens is 422 g/mol. The zero-order chi connectivity index (χ0) is 19.9. The lowest BCUT2D eigenvalue weighted by molar-refractivity contribution is -0.133. The van der Waals surface area contributed by atoms with Crippen LogP contribution in [-0.2, 0) is 11.2 Å². The first kappa shape index (κ1) is 19.6. The number of nitrogens with one attached hydrogen (secondary N) is 1. The number of hydrogen-bond donors (Lipinski definition) is 1. The van der Waals surface area contributed by atoms with Gasteiger partial charge in [0.1, 0.15) is 11.5 Å². The predicted molar refractivity (Wildman–Crippen MR) is 111 cm³/mol. The lowest BCUT2D eigenvalue weighted by Gasteiger charge is -2.10. The highest BCUT2D eigenvalue weighted by molar-refractivity contribution is 9.10. The summed E-state index contributed by atoms with van der Waals surface area (Å²) in [6.45, 7) is 0. The molecule has 0 bridgehead atoms. The Bertz CT molecular complexity index is 969. The first-order chi connectivity index (χ1) is 13.5. The minimum absolute atomic E-state index is 0.180. The molecule has 28 heavy (non-hydrogen) atoms. The van der Waals surface area contributed by atoms with Gasteiger partial charge in [-0.25, -0.2) is 0 Å². The SMILES string of the molecule is COc1ccccc1C(=O)Nc1ccc(OC(=O)Cc2ccc(Br)cc2)cc1. The van der Waals surface area contributed by atoms with Crippen LogP contribution in [0.2, 0.25) is 0 Å². The minimum Gasteiger partial charge on any atom is -0.496 e. The molecule has 0 aliphatic heterocycles. The molecule has 5 nitrogen and oxygen atoms in total. The number of rotatable bonds is 6. The van der Waals surface area contributed by atoms with Crippen LogP contribution < -0.4 is 14.8 Å². The average molecular weight is 440 g/mol. The Morgan fingerprint density at radius 1 is 0.929 bits per heavy atom. The van der Waals surface area contributed by atoms with E-state index in [4.69, 9.17) is 9.47 Å². The molecule has 3 rings (SSSR count). The van der Waals surface area contributed by atoms with Crippen molar-refractivity contribution in [1.29, 1.82) is 0 Å². The van der Waals surface area contributed by atoms with Gasteiger partial charge in [-0.2, -0.15) is 0 Å². The summed E-state index contributed by atoms with van der Waals surface area (Å²) in [7, 11) is 1.52. The number of anilines is 1. The maximum Gasteiger partial charge on any atom is 0.315 e. The van der Waals surface area contributed by atoms with Gasteiger partial charge in [-0.1, -0.05) is 40.2 Å². The van der Waals surface area contributed by atoms with Crippen LogP contribution in [0.4, 0.5) is 5.69 Å². The Balaban J connectivity index is 1.59. The Labute approximate surface area is 171 Å². The number of esters is 1. The Kier molecular flexibility index (Phi) is 6.45. The van der Waals surface area contributed by atoms with Crippen molar-refractivity contribution >= 4 is 33.5 Å². The highest BCUT2D eigenvalue weighted by atomic mass is 79.9. The van der Waals surface area contributed by atoms with Gasteiger partial charge in [0.15, 0.2) is 0 Å². The van der Waals surface area contributed by atoms with E-state index in [2.05, 4.69) is 21.2 Å². The molecule has 0 heterocycles. The van der Waals surface area contributed by atoms with E-state index >= 15 is 0 Å². The molecule has 1 amide bonds. The van der Waals surface area contributed by atoms with E-state index in [0.29, 0.717) is 22.7 Å². The third kappa shape index (κ3) is 5.20. The largest absolute Gasteiger partial charge is 0.496 e. The van der Waals surface area contributed by atoms with E-state index < -0.39 is 0 Å². The number of hydrogen-bond acceptors (Lipinski definition) is 4. The van der Waals surface area contributed by atoms with Crippen molar-refractivity contribution in [2.24, 2.45) is 0 Å². The minimum atomic E-state index is -0.354. The fourth-order valence-electron chi connectivity index (χ4n) is 2.57. The average Bonchev–Trinajstić information content (AvgIpc) is 2.71. The lowest BCUT2D eigenvalue weighted by atomic mass is 10.1. The molecule has 0 fully saturated rings. The van der Waals surface area contributed by atoms with Gasteiger partial charge in [-0.3, -0.25) is 9.59 Å². The topological polar surface area (TPSA) is 64.6 Å². The first-order valence-corrected chi connectivity index (χ1v) is 9.34. The van der Waals surface area contributed by atoms with Crippen LogP contribution in [0.5, 0.6) is 11.5 Å². The maximum atomic E-state index is 12.4. The lowest BCUT2D eigenvalue weighted by Crippen LogP contribution is -2.13. The number of carbonyl (C=O) groups excluding carboxylic acids is 2. The zero-order valence-corrected chi connectivity index (χ0v) is 16.7. The summed E-state index contributed by atoms with van der Waals surface area (Å²) in [6.07, 6.45) is 0.180. The predicted octanol–water partition coefficient (Wildman–Crippen LogP) is 4.86. The molecule has 1 N–H and O–H groups in total. The van der Waals surface area contributed by atoms with Crippen molar-refractivity contribution in [2.45, 2.75) is 6.42 Å². The fraction of sp³-hybridized carbons (Fsp3) is 0.0909. The summed E-state index contributed by atoms with van der Waals surface area (Å²) in [5.41, 5.74) is 1.90. The summed E-state index contributed by atoms with van der Waals surface area (Å²) >= 11 is 3.36. The summed E-state index contributed by atoms with van der Waals surface area (Å²) in [6, 6.07) is 21.1. The second-order valence-electron chi connectivity index (χ2n) is 5.96. The molecule has 0 aliphatic rings. The molecule has 0 spiro atoms. The highest BCUT2D eigenvalue weighted by Gasteiger charge is 2.12.